The van der Waals surface area contributed by atoms with E-state index >= 15 is 0 Å². The minimum absolute atomic E-state index is 0.218. The highest BCUT2D eigenvalue weighted by Gasteiger charge is 2.26. The molecule has 1 aromatic carbocycles. The Morgan fingerprint density at radius 2 is 2.28 bits per heavy atom. The van der Waals surface area contributed by atoms with E-state index in [0.29, 0.717) is 22.8 Å². The number of guanidine groups is 1. The molecule has 1 aliphatic rings. The van der Waals surface area contributed by atoms with E-state index in [4.69, 9.17) is 5.26 Å². The molecule has 0 bridgehead atoms. The molecule has 7 heteroatoms. The molecule has 0 heterocycles. The number of hydrogen-bond donors (Lipinski definition) is 2. The minimum atomic E-state index is -0.772. The number of halogens is 1. The summed E-state index contributed by atoms with van der Waals surface area (Å²) in [5, 5.41) is 15.6. The van der Waals surface area contributed by atoms with Gasteiger partial charge in [-0.3, -0.25) is 9.20 Å². The molecule has 3 atom stereocenters. The van der Waals surface area contributed by atoms with Gasteiger partial charge in [0.15, 0.2) is 5.96 Å². The van der Waals surface area contributed by atoms with Crippen molar-refractivity contribution in [2.45, 2.75) is 50.4 Å². The molecular weight excluding hydrogens is 339 g/mol. The lowest BCUT2D eigenvalue weighted by Crippen LogP contribution is -2.46. The molecule has 1 aromatic rings. The summed E-state index contributed by atoms with van der Waals surface area (Å²) in [6, 6.07) is 6.53. The first-order valence-corrected chi connectivity index (χ1v) is 9.98. The smallest absolute Gasteiger partial charge is 0.191 e. The van der Waals surface area contributed by atoms with E-state index < -0.39 is 10.8 Å². The van der Waals surface area contributed by atoms with Crippen molar-refractivity contribution < 1.29 is 8.60 Å². The summed E-state index contributed by atoms with van der Waals surface area (Å²) in [4.78, 5) is 4.19. The van der Waals surface area contributed by atoms with Crippen LogP contribution in [0.25, 0.3) is 0 Å². The van der Waals surface area contributed by atoms with Gasteiger partial charge in [-0.05, 0) is 37.5 Å². The highest BCUT2D eigenvalue weighted by atomic mass is 32.2. The van der Waals surface area contributed by atoms with Gasteiger partial charge in [-0.2, -0.15) is 5.26 Å². The van der Waals surface area contributed by atoms with Crippen LogP contribution < -0.4 is 10.6 Å². The van der Waals surface area contributed by atoms with Gasteiger partial charge in [0, 0.05) is 47.0 Å². The van der Waals surface area contributed by atoms with Gasteiger partial charge < -0.3 is 10.6 Å². The van der Waals surface area contributed by atoms with Crippen molar-refractivity contribution in [1.82, 2.24) is 10.6 Å². The maximum Gasteiger partial charge on any atom is 0.191 e. The predicted octanol–water partition coefficient (Wildman–Crippen LogP) is 2.44. The van der Waals surface area contributed by atoms with Gasteiger partial charge in [0.1, 0.15) is 5.82 Å². The Morgan fingerprint density at radius 3 is 2.96 bits per heavy atom. The summed E-state index contributed by atoms with van der Waals surface area (Å²) in [5.74, 6) is 0.937. The van der Waals surface area contributed by atoms with Crippen LogP contribution in [0.2, 0.25) is 0 Å². The molecule has 5 nitrogen and oxygen atoms in total. The summed E-state index contributed by atoms with van der Waals surface area (Å²) >= 11 is 0. The summed E-state index contributed by atoms with van der Waals surface area (Å²) in [6.45, 7) is 2.20. The molecule has 1 fully saturated rings. The summed E-state index contributed by atoms with van der Waals surface area (Å²) in [6.07, 6.45) is 3.93. The van der Waals surface area contributed by atoms with E-state index in [1.165, 1.54) is 18.2 Å². The van der Waals surface area contributed by atoms with Crippen LogP contribution >= 0.6 is 0 Å². The third kappa shape index (κ3) is 5.53. The molecular formula is C18H25FN4OS. The zero-order chi connectivity index (χ0) is 18.2. The third-order valence-corrected chi connectivity index (χ3v) is 6.21. The van der Waals surface area contributed by atoms with Gasteiger partial charge in [-0.25, -0.2) is 4.39 Å². The van der Waals surface area contributed by atoms with E-state index in [2.05, 4.69) is 15.6 Å². The Labute approximate surface area is 151 Å². The van der Waals surface area contributed by atoms with E-state index in [1.807, 2.05) is 13.0 Å². The van der Waals surface area contributed by atoms with E-state index in [0.717, 1.165) is 25.7 Å². The Bertz CT molecular complexity index is 686. The van der Waals surface area contributed by atoms with Crippen LogP contribution in [0.4, 0.5) is 4.39 Å². The molecule has 2 N–H and O–H groups in total. The monoisotopic (exact) mass is 364 g/mol. The third-order valence-electron chi connectivity index (χ3n) is 4.47. The Kier molecular flexibility index (Phi) is 7.38. The van der Waals surface area contributed by atoms with Crippen LogP contribution in [0.5, 0.6) is 0 Å². The normalized spacial score (nSPS) is 22.1. The van der Waals surface area contributed by atoms with Gasteiger partial charge in [0.05, 0.1) is 11.6 Å². The van der Waals surface area contributed by atoms with E-state index in [9.17, 15) is 8.60 Å². The SMILES string of the molecule is CCS(=O)C1CCCC(NC(=NC)NCc2cc(C#N)ccc2F)C1. The Balaban J connectivity index is 1.93. The van der Waals surface area contributed by atoms with Crippen molar-refractivity contribution in [2.24, 2.45) is 4.99 Å². The minimum Gasteiger partial charge on any atom is -0.354 e. The highest BCUT2D eigenvalue weighted by molar-refractivity contribution is 7.85. The van der Waals surface area contributed by atoms with Crippen LogP contribution in [-0.4, -0.2) is 34.3 Å². The van der Waals surface area contributed by atoms with Gasteiger partial charge in [-0.1, -0.05) is 13.3 Å². The van der Waals surface area contributed by atoms with Crippen molar-refractivity contribution in [3.05, 3.63) is 35.1 Å². The number of hydrogen-bond acceptors (Lipinski definition) is 3. The average molecular weight is 364 g/mol. The molecule has 1 saturated carbocycles. The zero-order valence-corrected chi connectivity index (χ0v) is 15.5. The fraction of sp³-hybridized carbons (Fsp3) is 0.556. The molecule has 2 rings (SSSR count). The number of nitrogens with zero attached hydrogens (tertiary/aromatic N) is 2. The zero-order valence-electron chi connectivity index (χ0n) is 14.7. The lowest BCUT2D eigenvalue weighted by atomic mass is 9.95. The molecule has 0 spiro atoms. The molecule has 3 unspecified atom stereocenters. The number of rotatable bonds is 5. The molecule has 0 amide bonds. The number of aliphatic imine (C=N–C) groups is 1. The quantitative estimate of drug-likeness (QED) is 0.621. The van der Waals surface area contributed by atoms with Gasteiger partial charge >= 0.3 is 0 Å². The van der Waals surface area contributed by atoms with Crippen LogP contribution in [0.1, 0.15) is 43.7 Å². The van der Waals surface area contributed by atoms with Crippen molar-refractivity contribution in [2.75, 3.05) is 12.8 Å². The number of nitriles is 1. The van der Waals surface area contributed by atoms with Crippen LogP contribution in [-0.2, 0) is 17.3 Å². The van der Waals surface area contributed by atoms with Crippen molar-refractivity contribution in [3.8, 4) is 6.07 Å². The molecule has 1 aliphatic carbocycles. The second-order valence-corrected chi connectivity index (χ2v) is 8.15. The fourth-order valence-electron chi connectivity index (χ4n) is 3.10. The largest absolute Gasteiger partial charge is 0.354 e. The topological polar surface area (TPSA) is 77.3 Å². The predicted molar refractivity (Wildman–Crippen MR) is 99.2 cm³/mol. The van der Waals surface area contributed by atoms with Crippen molar-refractivity contribution in [3.63, 3.8) is 0 Å². The lowest BCUT2D eigenvalue weighted by Gasteiger charge is -2.30. The summed E-state index contributed by atoms with van der Waals surface area (Å²) < 4.78 is 25.9. The second-order valence-electron chi connectivity index (χ2n) is 6.14. The molecule has 0 saturated heterocycles. The van der Waals surface area contributed by atoms with E-state index in [1.54, 1.807) is 7.05 Å². The Hall–Kier alpha value is -1.94. The fourth-order valence-corrected chi connectivity index (χ4v) is 4.45. The second kappa shape index (κ2) is 9.52. The highest BCUT2D eigenvalue weighted by Crippen LogP contribution is 2.23. The number of benzene rings is 1. The van der Waals surface area contributed by atoms with E-state index in [-0.39, 0.29) is 23.7 Å². The van der Waals surface area contributed by atoms with Crippen molar-refractivity contribution in [1.29, 1.82) is 5.26 Å². The first kappa shape index (κ1) is 19.4. The summed E-state index contributed by atoms with van der Waals surface area (Å²) in [7, 11) is 0.897. The van der Waals surface area contributed by atoms with Crippen LogP contribution in [0.3, 0.4) is 0 Å². The van der Waals surface area contributed by atoms with Gasteiger partial charge in [0.25, 0.3) is 0 Å². The van der Waals surface area contributed by atoms with Gasteiger partial charge in [0.2, 0.25) is 0 Å². The molecule has 136 valence electrons. The first-order valence-electron chi connectivity index (χ1n) is 8.60. The maximum absolute atomic E-state index is 13.9. The molecule has 0 aliphatic heterocycles. The van der Waals surface area contributed by atoms with Gasteiger partial charge in [-0.15, -0.1) is 0 Å². The number of nitrogens with one attached hydrogen (secondary N) is 2. The average Bonchev–Trinajstić information content (AvgIpc) is 2.65. The molecule has 0 aromatic heterocycles. The lowest BCUT2D eigenvalue weighted by molar-refractivity contribution is 0.413. The van der Waals surface area contributed by atoms with Crippen LogP contribution in [0.15, 0.2) is 23.2 Å². The van der Waals surface area contributed by atoms with Crippen molar-refractivity contribution >= 4 is 16.8 Å². The maximum atomic E-state index is 13.9. The molecule has 25 heavy (non-hydrogen) atoms. The van der Waals surface area contributed by atoms with Crippen LogP contribution in [0, 0.1) is 17.1 Å². The molecule has 0 radical (unpaired) electrons. The Morgan fingerprint density at radius 1 is 1.48 bits per heavy atom. The standard InChI is InChI=1S/C18H25FN4OS/c1-3-25(24)16-6-4-5-15(10-16)23-18(21-2)22-12-14-9-13(11-20)7-8-17(14)19/h7-9,15-16H,3-6,10,12H2,1-2H3,(H2,21,22,23). The first-order chi connectivity index (χ1) is 12.1. The summed E-state index contributed by atoms with van der Waals surface area (Å²) in [5.41, 5.74) is 0.855.